The molecule has 0 aromatic heterocycles. The summed E-state index contributed by atoms with van der Waals surface area (Å²) in [5.74, 6) is 1.67. The number of hydrogen-bond acceptors (Lipinski definition) is 7. The van der Waals surface area contributed by atoms with Crippen LogP contribution in [0.1, 0.15) is 42.0 Å². The molecule has 0 saturated heterocycles. The Balaban J connectivity index is 1.28. The van der Waals surface area contributed by atoms with Crippen LogP contribution in [0.4, 0.5) is 0 Å². The summed E-state index contributed by atoms with van der Waals surface area (Å²) in [5, 5.41) is 16.0. The summed E-state index contributed by atoms with van der Waals surface area (Å²) in [6.07, 6.45) is 1.60. The van der Waals surface area contributed by atoms with E-state index in [0.717, 1.165) is 16.9 Å². The summed E-state index contributed by atoms with van der Waals surface area (Å²) in [5.41, 5.74) is 3.78. The van der Waals surface area contributed by atoms with Gasteiger partial charge in [-0.1, -0.05) is 61.8 Å². The first-order valence-corrected chi connectivity index (χ1v) is 14.2. The number of aryl methyl sites for hydroxylation is 1. The number of amidine groups is 2. The first kappa shape index (κ1) is 28.4. The number of nitrogens with one attached hydrogen (secondary N) is 1. The predicted molar refractivity (Wildman–Crippen MR) is 165 cm³/mol. The number of hydrazone groups is 1. The van der Waals surface area contributed by atoms with Crippen molar-refractivity contribution in [2.75, 3.05) is 20.3 Å². The SMILES string of the molecule is COc1cc(/C=C2/C(=N)N3N=C(c4ccccc4Cl)SC3=NC2=O)ccc1OCCOc1cc(C)ccc1C(C)C. The average Bonchev–Trinajstić information content (AvgIpc) is 3.37. The molecule has 8 nitrogen and oxygen atoms in total. The zero-order valence-electron chi connectivity index (χ0n) is 23.1. The topological polar surface area (TPSA) is 96.6 Å². The zero-order chi connectivity index (χ0) is 29.1. The van der Waals surface area contributed by atoms with E-state index in [2.05, 4.69) is 36.1 Å². The van der Waals surface area contributed by atoms with Crippen molar-refractivity contribution in [2.24, 2.45) is 10.1 Å². The Hall–Kier alpha value is -4.08. The number of carbonyl (C=O) groups is 1. The lowest BCUT2D eigenvalue weighted by Crippen LogP contribution is -2.35. The second-order valence-corrected chi connectivity index (χ2v) is 11.1. The van der Waals surface area contributed by atoms with Crippen molar-refractivity contribution in [1.29, 1.82) is 5.41 Å². The molecule has 0 fully saturated rings. The third kappa shape index (κ3) is 6.16. The molecule has 0 unspecified atom stereocenters. The van der Waals surface area contributed by atoms with Gasteiger partial charge in [0, 0.05) is 5.56 Å². The molecule has 2 aliphatic heterocycles. The largest absolute Gasteiger partial charge is 0.493 e. The van der Waals surface area contributed by atoms with Crippen molar-refractivity contribution >= 4 is 51.4 Å². The Bertz CT molecular complexity index is 1620. The van der Waals surface area contributed by atoms with Gasteiger partial charge in [0.1, 0.15) is 24.0 Å². The Morgan fingerprint density at radius 3 is 2.51 bits per heavy atom. The maximum atomic E-state index is 12.9. The lowest BCUT2D eigenvalue weighted by molar-refractivity contribution is -0.114. The summed E-state index contributed by atoms with van der Waals surface area (Å²) >= 11 is 7.52. The number of methoxy groups -OCH3 is 1. The van der Waals surface area contributed by atoms with Crippen LogP contribution in [0.2, 0.25) is 5.02 Å². The molecule has 3 aromatic carbocycles. The number of thioether (sulfide) groups is 1. The molecule has 5 rings (SSSR count). The summed E-state index contributed by atoms with van der Waals surface area (Å²) in [4.78, 5) is 17.0. The number of benzene rings is 3. The maximum absolute atomic E-state index is 12.9. The van der Waals surface area contributed by atoms with Crippen LogP contribution in [-0.2, 0) is 4.79 Å². The van der Waals surface area contributed by atoms with E-state index in [0.29, 0.717) is 57.0 Å². The van der Waals surface area contributed by atoms with Crippen LogP contribution in [0.25, 0.3) is 6.08 Å². The average molecular weight is 589 g/mol. The number of rotatable bonds is 9. The number of hydrogen-bond donors (Lipinski definition) is 1. The minimum Gasteiger partial charge on any atom is -0.493 e. The molecule has 3 aromatic rings. The highest BCUT2D eigenvalue weighted by Crippen LogP contribution is 2.34. The van der Waals surface area contributed by atoms with Gasteiger partial charge >= 0.3 is 0 Å². The molecule has 0 aliphatic carbocycles. The van der Waals surface area contributed by atoms with Gasteiger partial charge in [-0.05, 0) is 71.6 Å². The summed E-state index contributed by atoms with van der Waals surface area (Å²) in [6, 6.07) is 18.8. The third-order valence-corrected chi connectivity index (χ3v) is 7.72. The molecular formula is C31H29ClN4O4S. The number of ether oxygens (including phenoxy) is 3. The van der Waals surface area contributed by atoms with Crippen molar-refractivity contribution in [3.63, 3.8) is 0 Å². The second-order valence-electron chi connectivity index (χ2n) is 9.71. The molecule has 1 amide bonds. The van der Waals surface area contributed by atoms with Crippen LogP contribution in [0, 0.1) is 12.3 Å². The fourth-order valence-electron chi connectivity index (χ4n) is 4.34. The number of carbonyl (C=O) groups excluding carboxylic acids is 1. The van der Waals surface area contributed by atoms with Crippen LogP contribution in [0.5, 0.6) is 17.2 Å². The first-order valence-electron chi connectivity index (χ1n) is 13.0. The van der Waals surface area contributed by atoms with Crippen molar-refractivity contribution in [3.05, 3.63) is 93.5 Å². The van der Waals surface area contributed by atoms with Crippen LogP contribution < -0.4 is 14.2 Å². The molecular weight excluding hydrogens is 560 g/mol. The first-order chi connectivity index (χ1) is 19.7. The van der Waals surface area contributed by atoms with Gasteiger partial charge in [0.2, 0.25) is 5.17 Å². The van der Waals surface area contributed by atoms with Crippen molar-refractivity contribution in [2.45, 2.75) is 26.7 Å². The van der Waals surface area contributed by atoms with Crippen molar-refractivity contribution in [1.82, 2.24) is 5.01 Å². The van der Waals surface area contributed by atoms with Crippen LogP contribution in [-0.4, -0.2) is 47.3 Å². The molecule has 0 atom stereocenters. The summed E-state index contributed by atoms with van der Waals surface area (Å²) in [7, 11) is 1.55. The Labute approximate surface area is 248 Å². The summed E-state index contributed by atoms with van der Waals surface area (Å²) in [6.45, 7) is 7.01. The minimum atomic E-state index is -0.516. The molecule has 1 N–H and O–H groups in total. The van der Waals surface area contributed by atoms with E-state index in [-0.39, 0.29) is 11.4 Å². The second kappa shape index (κ2) is 12.2. The fraction of sp³-hybridized carbons (Fsp3) is 0.226. The van der Waals surface area contributed by atoms with Gasteiger partial charge < -0.3 is 14.2 Å². The Morgan fingerprint density at radius 1 is 1.02 bits per heavy atom. The fourth-order valence-corrected chi connectivity index (χ4v) is 5.55. The highest BCUT2D eigenvalue weighted by Gasteiger charge is 2.36. The van der Waals surface area contributed by atoms with E-state index in [4.69, 9.17) is 31.2 Å². The molecule has 0 saturated carbocycles. The maximum Gasteiger partial charge on any atom is 0.283 e. The third-order valence-electron chi connectivity index (χ3n) is 6.45. The number of amides is 1. The number of nitrogens with zero attached hydrogens (tertiary/aromatic N) is 3. The molecule has 41 heavy (non-hydrogen) atoms. The molecule has 0 radical (unpaired) electrons. The van der Waals surface area contributed by atoms with E-state index in [1.165, 1.54) is 16.8 Å². The lowest BCUT2D eigenvalue weighted by atomic mass is 10.0. The molecule has 10 heteroatoms. The Kier molecular flexibility index (Phi) is 8.46. The zero-order valence-corrected chi connectivity index (χ0v) is 24.7. The standard InChI is InChI=1S/C31H29ClN4O4S/c1-18(2)21-11-9-19(3)15-26(21)40-14-13-39-25-12-10-20(17-27(25)38-4)16-23-28(33)36-31(34-29(23)37)41-30(35-36)22-7-5-6-8-24(22)32/h5-12,15-18,33H,13-14H2,1-4H3/b23-16-,33-28?. The normalized spacial score (nSPS) is 15.7. The van der Waals surface area contributed by atoms with Gasteiger partial charge in [-0.25, -0.2) is 0 Å². The number of aliphatic imine (C=N–C) groups is 1. The smallest absolute Gasteiger partial charge is 0.283 e. The molecule has 2 heterocycles. The molecule has 2 aliphatic rings. The van der Waals surface area contributed by atoms with Crippen molar-refractivity contribution in [3.8, 4) is 17.2 Å². The van der Waals surface area contributed by atoms with E-state index < -0.39 is 5.91 Å². The molecule has 0 spiro atoms. The molecule has 0 bridgehead atoms. The van der Waals surface area contributed by atoms with Gasteiger partial charge in [0.15, 0.2) is 17.3 Å². The van der Waals surface area contributed by atoms with Gasteiger partial charge in [-0.15, -0.1) is 0 Å². The monoisotopic (exact) mass is 588 g/mol. The van der Waals surface area contributed by atoms with Crippen LogP contribution in [0.15, 0.2) is 76.3 Å². The molecule has 210 valence electrons. The summed E-state index contributed by atoms with van der Waals surface area (Å²) < 4.78 is 17.5. The van der Waals surface area contributed by atoms with Gasteiger partial charge in [0.25, 0.3) is 5.91 Å². The minimum absolute atomic E-state index is 0.0667. The highest BCUT2D eigenvalue weighted by molar-refractivity contribution is 8.27. The van der Waals surface area contributed by atoms with Gasteiger partial charge in [-0.3, -0.25) is 10.2 Å². The quantitative estimate of drug-likeness (QED) is 0.216. The lowest BCUT2D eigenvalue weighted by Gasteiger charge is -2.20. The predicted octanol–water partition coefficient (Wildman–Crippen LogP) is 6.91. The van der Waals surface area contributed by atoms with Crippen molar-refractivity contribution < 1.29 is 19.0 Å². The number of fused-ring (bicyclic) bond motifs is 1. The van der Waals surface area contributed by atoms with Gasteiger partial charge in [0.05, 0.1) is 17.7 Å². The highest BCUT2D eigenvalue weighted by atomic mass is 35.5. The van der Waals surface area contributed by atoms with E-state index in [1.807, 2.05) is 31.2 Å². The van der Waals surface area contributed by atoms with E-state index in [9.17, 15) is 4.79 Å². The number of halogens is 1. The van der Waals surface area contributed by atoms with Crippen LogP contribution in [0.3, 0.4) is 0 Å². The van der Waals surface area contributed by atoms with Gasteiger partial charge in [-0.2, -0.15) is 15.1 Å². The Morgan fingerprint density at radius 2 is 1.78 bits per heavy atom. The van der Waals surface area contributed by atoms with E-state index >= 15 is 0 Å². The van der Waals surface area contributed by atoms with E-state index in [1.54, 1.807) is 37.5 Å². The van der Waals surface area contributed by atoms with Crippen LogP contribution >= 0.6 is 23.4 Å².